The molecule has 24 heavy (non-hydrogen) atoms. The van der Waals surface area contributed by atoms with Crippen LogP contribution in [0.4, 0.5) is 0 Å². The van der Waals surface area contributed by atoms with E-state index in [4.69, 9.17) is 19.3 Å². The highest BCUT2D eigenvalue weighted by molar-refractivity contribution is 5.79. The molecule has 0 spiro atoms. The maximum Gasteiger partial charge on any atom is 0.338 e. The van der Waals surface area contributed by atoms with Crippen LogP contribution >= 0.6 is 0 Å². The van der Waals surface area contributed by atoms with E-state index in [1.165, 1.54) is 0 Å². The zero-order valence-electron chi connectivity index (χ0n) is 14.5. The Hall–Kier alpha value is -1.22. The zero-order chi connectivity index (χ0) is 18.4. The fraction of sp³-hybridized carbons (Fsp3) is 0.875. The van der Waals surface area contributed by atoms with E-state index in [0.29, 0.717) is 39.3 Å². The van der Waals surface area contributed by atoms with Crippen molar-refractivity contribution >= 4 is 11.9 Å². The molecule has 0 amide bonds. The first-order valence-electron chi connectivity index (χ1n) is 8.06. The van der Waals surface area contributed by atoms with Crippen LogP contribution < -0.4 is 0 Å². The molecule has 140 valence electrons. The van der Waals surface area contributed by atoms with Crippen LogP contribution in [0.1, 0.15) is 46.5 Å². The SMILES string of the molecule is CC(C)(C)OC(=O)C1(O)CCOCC1.O=C(O)C1(O)CCOCC1. The lowest BCUT2D eigenvalue weighted by atomic mass is 9.94. The van der Waals surface area contributed by atoms with Crippen LogP contribution in [0, 0.1) is 0 Å². The summed E-state index contributed by atoms with van der Waals surface area (Å²) in [5.74, 6) is -1.68. The first kappa shape index (κ1) is 20.8. The lowest BCUT2D eigenvalue weighted by Crippen LogP contribution is -2.47. The third kappa shape index (κ3) is 6.35. The van der Waals surface area contributed by atoms with E-state index < -0.39 is 28.7 Å². The van der Waals surface area contributed by atoms with Crippen LogP contribution in [-0.4, -0.2) is 70.5 Å². The van der Waals surface area contributed by atoms with E-state index in [1.54, 1.807) is 20.8 Å². The standard InChI is InChI=1S/C10H18O4.C6H10O4/c1-9(2,3)14-8(11)10(12)4-6-13-7-5-10;7-5(8)6(9)1-3-10-4-2-6/h12H,4-7H2,1-3H3;9H,1-4H2,(H,7,8). The van der Waals surface area contributed by atoms with Gasteiger partial charge in [-0.25, -0.2) is 9.59 Å². The molecule has 2 aliphatic heterocycles. The Kier molecular flexibility index (Phi) is 7.15. The second-order valence-electron chi connectivity index (χ2n) is 7.09. The predicted octanol–water partition coefficient (Wildman–Crippen LogP) is 0.482. The number of carboxylic acid groups (broad SMARTS) is 1. The molecule has 0 saturated carbocycles. The molecule has 2 aliphatic rings. The van der Waals surface area contributed by atoms with Crippen molar-refractivity contribution in [3.63, 3.8) is 0 Å². The van der Waals surface area contributed by atoms with Crippen LogP contribution in [0.25, 0.3) is 0 Å². The van der Waals surface area contributed by atoms with Gasteiger partial charge in [0.15, 0.2) is 11.2 Å². The van der Waals surface area contributed by atoms with Crippen molar-refractivity contribution < 1.29 is 39.1 Å². The maximum atomic E-state index is 11.6. The Morgan fingerprint density at radius 1 is 0.875 bits per heavy atom. The van der Waals surface area contributed by atoms with Crippen LogP contribution in [-0.2, 0) is 23.8 Å². The number of esters is 1. The molecule has 0 bridgehead atoms. The highest BCUT2D eigenvalue weighted by atomic mass is 16.6. The maximum absolute atomic E-state index is 11.6. The molecule has 2 heterocycles. The smallest absolute Gasteiger partial charge is 0.338 e. The summed E-state index contributed by atoms with van der Waals surface area (Å²) >= 11 is 0. The van der Waals surface area contributed by atoms with E-state index in [-0.39, 0.29) is 12.8 Å². The van der Waals surface area contributed by atoms with Crippen molar-refractivity contribution in [3.05, 3.63) is 0 Å². The molecule has 0 aromatic carbocycles. The Morgan fingerprint density at radius 3 is 1.54 bits per heavy atom. The molecule has 0 unspecified atom stereocenters. The van der Waals surface area contributed by atoms with Crippen LogP contribution in [0.3, 0.4) is 0 Å². The van der Waals surface area contributed by atoms with Gasteiger partial charge < -0.3 is 29.5 Å². The first-order valence-corrected chi connectivity index (χ1v) is 8.06. The summed E-state index contributed by atoms with van der Waals surface area (Å²) < 4.78 is 15.1. The molecule has 0 radical (unpaired) electrons. The fourth-order valence-electron chi connectivity index (χ4n) is 2.21. The number of carboxylic acids is 1. The molecule has 0 aliphatic carbocycles. The fourth-order valence-corrected chi connectivity index (χ4v) is 2.21. The summed E-state index contributed by atoms with van der Waals surface area (Å²) in [6.07, 6.45) is 1.04. The predicted molar refractivity (Wildman–Crippen MR) is 83.5 cm³/mol. The quantitative estimate of drug-likeness (QED) is 0.616. The largest absolute Gasteiger partial charge is 0.479 e. The Balaban J connectivity index is 0.000000254. The second-order valence-corrected chi connectivity index (χ2v) is 7.09. The first-order chi connectivity index (χ1) is 11.0. The number of aliphatic carboxylic acids is 1. The minimum Gasteiger partial charge on any atom is -0.479 e. The number of carbonyl (C=O) groups excluding carboxylic acids is 1. The van der Waals surface area contributed by atoms with Gasteiger partial charge in [-0.2, -0.15) is 0 Å². The summed E-state index contributed by atoms with van der Waals surface area (Å²) in [7, 11) is 0. The molecular weight excluding hydrogens is 320 g/mol. The minimum absolute atomic E-state index is 0.197. The number of rotatable bonds is 2. The molecule has 0 aromatic heterocycles. The molecule has 3 N–H and O–H groups in total. The van der Waals surface area contributed by atoms with Crippen molar-refractivity contribution in [1.29, 1.82) is 0 Å². The van der Waals surface area contributed by atoms with E-state index in [1.807, 2.05) is 0 Å². The molecular formula is C16H28O8. The molecule has 2 rings (SSSR count). The topological polar surface area (TPSA) is 123 Å². The van der Waals surface area contributed by atoms with Crippen molar-refractivity contribution in [3.8, 4) is 0 Å². The second kappa shape index (κ2) is 8.24. The van der Waals surface area contributed by atoms with Crippen molar-refractivity contribution in [1.82, 2.24) is 0 Å². The van der Waals surface area contributed by atoms with Gasteiger partial charge in [0.05, 0.1) is 0 Å². The van der Waals surface area contributed by atoms with E-state index in [2.05, 4.69) is 0 Å². The summed E-state index contributed by atoms with van der Waals surface area (Å²) in [4.78, 5) is 22.0. The Bertz CT molecular complexity index is 428. The molecule has 8 nitrogen and oxygen atoms in total. The van der Waals surface area contributed by atoms with E-state index >= 15 is 0 Å². The summed E-state index contributed by atoms with van der Waals surface area (Å²) in [5, 5.41) is 27.7. The monoisotopic (exact) mass is 348 g/mol. The third-order valence-corrected chi connectivity index (χ3v) is 3.82. The third-order valence-electron chi connectivity index (χ3n) is 3.82. The van der Waals surface area contributed by atoms with Crippen molar-refractivity contribution in [2.75, 3.05) is 26.4 Å². The number of hydrogen-bond donors (Lipinski definition) is 3. The Morgan fingerprint density at radius 2 is 1.25 bits per heavy atom. The van der Waals surface area contributed by atoms with E-state index in [0.717, 1.165) is 0 Å². The highest BCUT2D eigenvalue weighted by Crippen LogP contribution is 2.24. The number of aliphatic hydroxyl groups is 2. The average molecular weight is 348 g/mol. The lowest BCUT2D eigenvalue weighted by molar-refractivity contribution is -0.185. The van der Waals surface area contributed by atoms with Gasteiger partial charge in [0, 0.05) is 52.1 Å². The number of ether oxygens (including phenoxy) is 3. The van der Waals surface area contributed by atoms with Crippen LogP contribution in [0.15, 0.2) is 0 Å². The van der Waals surface area contributed by atoms with Gasteiger partial charge in [-0.15, -0.1) is 0 Å². The van der Waals surface area contributed by atoms with Gasteiger partial charge in [-0.1, -0.05) is 0 Å². The summed E-state index contributed by atoms with van der Waals surface area (Å²) in [6.45, 7) is 6.85. The zero-order valence-corrected chi connectivity index (χ0v) is 14.5. The van der Waals surface area contributed by atoms with Gasteiger partial charge in [0.2, 0.25) is 0 Å². The average Bonchev–Trinajstić information content (AvgIpc) is 2.47. The molecule has 0 atom stereocenters. The van der Waals surface area contributed by atoms with Crippen molar-refractivity contribution in [2.24, 2.45) is 0 Å². The van der Waals surface area contributed by atoms with Gasteiger partial charge in [-0.05, 0) is 20.8 Å². The molecule has 2 saturated heterocycles. The Labute approximate surface area is 141 Å². The van der Waals surface area contributed by atoms with Gasteiger partial charge >= 0.3 is 11.9 Å². The number of carbonyl (C=O) groups is 2. The van der Waals surface area contributed by atoms with Crippen LogP contribution in [0.2, 0.25) is 0 Å². The minimum atomic E-state index is -1.53. The van der Waals surface area contributed by atoms with E-state index in [9.17, 15) is 19.8 Å². The van der Waals surface area contributed by atoms with Gasteiger partial charge in [0.25, 0.3) is 0 Å². The number of hydrogen-bond acceptors (Lipinski definition) is 7. The van der Waals surface area contributed by atoms with Gasteiger partial charge in [0.1, 0.15) is 5.60 Å². The normalized spacial score (nSPS) is 22.7. The molecule has 0 aromatic rings. The molecule has 2 fully saturated rings. The van der Waals surface area contributed by atoms with Gasteiger partial charge in [-0.3, -0.25) is 0 Å². The molecule has 8 heteroatoms. The highest BCUT2D eigenvalue weighted by Gasteiger charge is 2.41. The summed E-state index contributed by atoms with van der Waals surface area (Å²) in [6, 6.07) is 0. The lowest BCUT2D eigenvalue weighted by Gasteiger charge is -2.32. The van der Waals surface area contributed by atoms with Crippen LogP contribution in [0.5, 0.6) is 0 Å². The van der Waals surface area contributed by atoms with Crippen molar-refractivity contribution in [2.45, 2.75) is 63.3 Å². The summed E-state index contributed by atoms with van der Waals surface area (Å²) in [5.41, 5.74) is -3.42.